The molecule has 0 atom stereocenters. The van der Waals surface area contributed by atoms with Crippen molar-refractivity contribution in [2.75, 3.05) is 19.6 Å². The third kappa shape index (κ3) is 5.73. The van der Waals surface area contributed by atoms with E-state index in [1.54, 1.807) is 12.1 Å². The van der Waals surface area contributed by atoms with Gasteiger partial charge in [-0.15, -0.1) is 10.2 Å². The zero-order valence-electron chi connectivity index (χ0n) is 17.5. The van der Waals surface area contributed by atoms with Crippen LogP contribution in [0.1, 0.15) is 22.8 Å². The maximum absolute atomic E-state index is 13.5. The van der Waals surface area contributed by atoms with Crippen molar-refractivity contribution in [3.63, 3.8) is 0 Å². The van der Waals surface area contributed by atoms with E-state index < -0.39 is 11.6 Å². The number of carbonyl (C=O) groups excluding carboxylic acids is 1. The highest BCUT2D eigenvalue weighted by atomic mass is 19.1. The van der Waals surface area contributed by atoms with Crippen molar-refractivity contribution < 1.29 is 18.0 Å². The Balaban J connectivity index is 1.28. The highest BCUT2D eigenvalue weighted by Crippen LogP contribution is 2.15. The summed E-state index contributed by atoms with van der Waals surface area (Å²) >= 11 is 0. The molecule has 0 radical (unpaired) electrons. The molecule has 0 saturated heterocycles. The van der Waals surface area contributed by atoms with Gasteiger partial charge in [-0.25, -0.2) is 13.2 Å². The molecule has 2 aromatic carbocycles. The van der Waals surface area contributed by atoms with E-state index in [1.807, 2.05) is 0 Å². The predicted octanol–water partition coefficient (Wildman–Crippen LogP) is 2.66. The molecule has 1 N–H and O–H groups in total. The zero-order chi connectivity index (χ0) is 22.5. The number of amides is 1. The van der Waals surface area contributed by atoms with Gasteiger partial charge in [-0.3, -0.25) is 9.69 Å². The number of carbonyl (C=O) groups is 1. The van der Waals surface area contributed by atoms with Gasteiger partial charge in [-0.2, -0.15) is 0 Å². The fourth-order valence-corrected chi connectivity index (χ4v) is 3.89. The van der Waals surface area contributed by atoms with Gasteiger partial charge in [0.1, 0.15) is 29.1 Å². The topological polar surface area (TPSA) is 63.1 Å². The summed E-state index contributed by atoms with van der Waals surface area (Å²) < 4.78 is 42.0. The molecule has 6 nitrogen and oxygen atoms in total. The zero-order valence-corrected chi connectivity index (χ0v) is 17.5. The largest absolute Gasteiger partial charge is 0.355 e. The van der Waals surface area contributed by atoms with Gasteiger partial charge in [0.2, 0.25) is 5.91 Å². The van der Waals surface area contributed by atoms with Crippen molar-refractivity contribution in [3.8, 4) is 0 Å². The molecule has 0 unspecified atom stereocenters. The van der Waals surface area contributed by atoms with Crippen LogP contribution in [0.2, 0.25) is 0 Å². The van der Waals surface area contributed by atoms with Crippen LogP contribution in [0.25, 0.3) is 0 Å². The smallest absolute Gasteiger partial charge is 0.224 e. The molecule has 2 heterocycles. The molecule has 0 bridgehead atoms. The molecule has 0 spiro atoms. The average molecular weight is 443 g/mol. The summed E-state index contributed by atoms with van der Waals surface area (Å²) in [5.74, 6) is 0.0433. The Hall–Kier alpha value is -3.20. The molecule has 1 amide bonds. The lowest BCUT2D eigenvalue weighted by Crippen LogP contribution is -2.28. The van der Waals surface area contributed by atoms with Crippen LogP contribution < -0.4 is 5.32 Å². The number of benzene rings is 2. The summed E-state index contributed by atoms with van der Waals surface area (Å²) in [7, 11) is 0. The molecule has 0 fully saturated rings. The van der Waals surface area contributed by atoms with Gasteiger partial charge in [0.05, 0.1) is 6.42 Å². The molecular weight excluding hydrogens is 419 g/mol. The van der Waals surface area contributed by atoms with Gasteiger partial charge in [0.25, 0.3) is 0 Å². The number of fused-ring (bicyclic) bond motifs is 1. The lowest BCUT2D eigenvalue weighted by Gasteiger charge is -2.19. The van der Waals surface area contributed by atoms with Crippen molar-refractivity contribution in [3.05, 3.63) is 82.7 Å². The summed E-state index contributed by atoms with van der Waals surface area (Å²) in [6.07, 6.45) is 1.41. The van der Waals surface area contributed by atoms with E-state index in [2.05, 4.69) is 25.0 Å². The summed E-state index contributed by atoms with van der Waals surface area (Å²) in [4.78, 5) is 14.3. The molecule has 0 aliphatic carbocycles. The number of nitrogens with one attached hydrogen (secondary N) is 1. The SMILES string of the molecule is O=C(Cc1ccc(F)cc1)NCCc1nnc2n1CCN(Cc1cc(F)cc(F)c1)CC2. The van der Waals surface area contributed by atoms with Crippen molar-refractivity contribution in [2.24, 2.45) is 0 Å². The number of hydrogen-bond acceptors (Lipinski definition) is 4. The minimum atomic E-state index is -0.573. The van der Waals surface area contributed by atoms with E-state index >= 15 is 0 Å². The Morgan fingerprint density at radius 1 is 0.906 bits per heavy atom. The monoisotopic (exact) mass is 443 g/mol. The van der Waals surface area contributed by atoms with Gasteiger partial charge in [-0.05, 0) is 35.4 Å². The molecule has 1 aliphatic heterocycles. The molecule has 9 heteroatoms. The van der Waals surface area contributed by atoms with Crippen molar-refractivity contribution >= 4 is 5.91 Å². The first-order valence-electron chi connectivity index (χ1n) is 10.6. The standard InChI is InChI=1S/C23H24F3N5O/c24-18-3-1-16(2-4-18)13-23(32)27-7-5-21-28-29-22-6-8-30(9-10-31(21)22)15-17-11-19(25)14-20(26)12-17/h1-4,11-12,14H,5-10,13,15H2,(H,27,32). The lowest BCUT2D eigenvalue weighted by atomic mass is 10.1. The Morgan fingerprint density at radius 3 is 2.41 bits per heavy atom. The van der Waals surface area contributed by atoms with Crippen LogP contribution in [-0.2, 0) is 37.1 Å². The minimum absolute atomic E-state index is 0.138. The number of hydrogen-bond donors (Lipinski definition) is 1. The number of halogens is 3. The van der Waals surface area contributed by atoms with E-state index in [4.69, 9.17) is 0 Å². The average Bonchev–Trinajstić information content (AvgIpc) is 3.01. The van der Waals surface area contributed by atoms with Gasteiger partial charge < -0.3 is 9.88 Å². The Bertz CT molecular complexity index is 1060. The third-order valence-electron chi connectivity index (χ3n) is 5.47. The maximum atomic E-state index is 13.5. The Labute approximate surface area is 184 Å². The van der Waals surface area contributed by atoms with E-state index in [1.165, 1.54) is 24.3 Å². The van der Waals surface area contributed by atoms with Gasteiger partial charge >= 0.3 is 0 Å². The highest BCUT2D eigenvalue weighted by Gasteiger charge is 2.19. The number of nitrogens with zero attached hydrogens (tertiary/aromatic N) is 4. The van der Waals surface area contributed by atoms with Crippen molar-refractivity contribution in [1.82, 2.24) is 25.0 Å². The van der Waals surface area contributed by atoms with Crippen molar-refractivity contribution in [1.29, 1.82) is 0 Å². The first-order chi connectivity index (χ1) is 15.5. The fraction of sp³-hybridized carbons (Fsp3) is 0.348. The number of aromatic nitrogens is 3. The molecular formula is C23H24F3N5O. The second-order valence-corrected chi connectivity index (χ2v) is 7.89. The Kier molecular flexibility index (Phi) is 6.84. The number of rotatable bonds is 7. The molecule has 0 saturated carbocycles. The summed E-state index contributed by atoms with van der Waals surface area (Å²) in [6.45, 7) is 2.96. The summed E-state index contributed by atoms with van der Waals surface area (Å²) in [5, 5.41) is 11.4. The normalized spacial score (nSPS) is 14.1. The van der Waals surface area contributed by atoms with Crippen LogP contribution in [0.5, 0.6) is 0 Å². The molecule has 168 valence electrons. The van der Waals surface area contributed by atoms with Crippen LogP contribution >= 0.6 is 0 Å². The van der Waals surface area contributed by atoms with Crippen LogP contribution in [-0.4, -0.2) is 45.2 Å². The molecule has 4 rings (SSSR count). The Morgan fingerprint density at radius 2 is 1.66 bits per heavy atom. The van der Waals surface area contributed by atoms with E-state index in [-0.39, 0.29) is 18.1 Å². The molecule has 3 aromatic rings. The molecule has 1 aliphatic rings. The first-order valence-corrected chi connectivity index (χ1v) is 10.6. The summed E-state index contributed by atoms with van der Waals surface area (Å²) in [6, 6.07) is 9.44. The third-order valence-corrected chi connectivity index (χ3v) is 5.47. The minimum Gasteiger partial charge on any atom is -0.355 e. The lowest BCUT2D eigenvalue weighted by molar-refractivity contribution is -0.120. The van der Waals surface area contributed by atoms with Gasteiger partial charge in [0, 0.05) is 51.6 Å². The van der Waals surface area contributed by atoms with Crippen LogP contribution in [0.4, 0.5) is 13.2 Å². The van der Waals surface area contributed by atoms with Crippen LogP contribution in [0.15, 0.2) is 42.5 Å². The van der Waals surface area contributed by atoms with Gasteiger partial charge in [0.15, 0.2) is 0 Å². The van der Waals surface area contributed by atoms with Crippen LogP contribution in [0.3, 0.4) is 0 Å². The fourth-order valence-electron chi connectivity index (χ4n) is 3.89. The molecule has 32 heavy (non-hydrogen) atoms. The highest BCUT2D eigenvalue weighted by molar-refractivity contribution is 5.78. The summed E-state index contributed by atoms with van der Waals surface area (Å²) in [5.41, 5.74) is 1.35. The maximum Gasteiger partial charge on any atom is 0.224 e. The van der Waals surface area contributed by atoms with Gasteiger partial charge in [-0.1, -0.05) is 12.1 Å². The quantitative estimate of drug-likeness (QED) is 0.610. The van der Waals surface area contributed by atoms with E-state index in [0.717, 1.165) is 23.3 Å². The molecule has 1 aromatic heterocycles. The van der Waals surface area contributed by atoms with Crippen LogP contribution in [0, 0.1) is 17.5 Å². The first kappa shape index (κ1) is 22.0. The van der Waals surface area contributed by atoms with E-state index in [9.17, 15) is 18.0 Å². The predicted molar refractivity (Wildman–Crippen MR) is 112 cm³/mol. The van der Waals surface area contributed by atoms with Crippen molar-refractivity contribution in [2.45, 2.75) is 32.4 Å². The second-order valence-electron chi connectivity index (χ2n) is 7.89. The van der Waals surface area contributed by atoms with E-state index in [0.29, 0.717) is 51.1 Å². The second kappa shape index (κ2) is 9.95.